The van der Waals surface area contributed by atoms with E-state index in [9.17, 15) is 9.59 Å². The smallest absolute Gasteiger partial charge is 0.408 e. The number of carboxylic acid groups (broad SMARTS) is 1. The van der Waals surface area contributed by atoms with Gasteiger partial charge in [0.05, 0.1) is 6.04 Å². The van der Waals surface area contributed by atoms with Crippen molar-refractivity contribution in [1.29, 1.82) is 0 Å². The molecule has 1 atom stereocenters. The number of aromatic nitrogens is 1. The van der Waals surface area contributed by atoms with E-state index in [4.69, 9.17) is 9.84 Å². The fourth-order valence-corrected chi connectivity index (χ4v) is 1.22. The molecular weight excluding hydrogens is 252 g/mol. The summed E-state index contributed by atoms with van der Waals surface area (Å²) in [6.45, 7) is 8.73. The lowest BCUT2D eigenvalue weighted by molar-refractivity contribution is 0.0511. The zero-order chi connectivity index (χ0) is 14.6. The number of carboxylic acids is 1. The largest absolute Gasteiger partial charge is 0.475 e. The van der Waals surface area contributed by atoms with E-state index in [1.165, 1.54) is 12.1 Å². The Labute approximate surface area is 110 Å². The van der Waals surface area contributed by atoms with Gasteiger partial charge in [0.25, 0.3) is 0 Å². The van der Waals surface area contributed by atoms with Gasteiger partial charge in [0, 0.05) is 6.07 Å². The minimum atomic E-state index is -1.24. The Bertz CT molecular complexity index is 487. The zero-order valence-corrected chi connectivity index (χ0v) is 11.0. The van der Waals surface area contributed by atoms with E-state index in [0.717, 1.165) is 0 Å². The van der Waals surface area contributed by atoms with Gasteiger partial charge in [-0.25, -0.2) is 9.59 Å². The maximum atomic E-state index is 11.6. The summed E-state index contributed by atoms with van der Waals surface area (Å²) in [6.07, 6.45) is 0.741. The first-order valence-corrected chi connectivity index (χ1v) is 5.55. The van der Waals surface area contributed by atoms with Crippen molar-refractivity contribution in [2.24, 2.45) is 0 Å². The van der Waals surface area contributed by atoms with Crippen molar-refractivity contribution < 1.29 is 24.0 Å². The van der Waals surface area contributed by atoms with Crippen molar-refractivity contribution in [2.75, 3.05) is 0 Å². The molecule has 1 aromatic rings. The Balaban J connectivity index is 2.75. The number of amides is 1. The summed E-state index contributed by atoms with van der Waals surface area (Å²) in [5.41, 5.74) is -0.399. The second kappa shape index (κ2) is 5.55. The van der Waals surface area contributed by atoms with E-state index in [-0.39, 0.29) is 11.5 Å². The van der Waals surface area contributed by atoms with Crippen molar-refractivity contribution >= 4 is 12.1 Å². The Morgan fingerprint density at radius 3 is 2.63 bits per heavy atom. The van der Waals surface area contributed by atoms with E-state index in [0.29, 0.717) is 0 Å². The van der Waals surface area contributed by atoms with Gasteiger partial charge in [-0.3, -0.25) is 0 Å². The zero-order valence-electron chi connectivity index (χ0n) is 11.0. The summed E-state index contributed by atoms with van der Waals surface area (Å²) in [5, 5.41) is 14.8. The number of ether oxygens (including phenoxy) is 1. The fourth-order valence-electron chi connectivity index (χ4n) is 1.22. The van der Waals surface area contributed by atoms with Crippen molar-refractivity contribution in [1.82, 2.24) is 10.5 Å². The number of carbonyl (C=O) groups excluding carboxylic acids is 1. The lowest BCUT2D eigenvalue weighted by Gasteiger charge is -2.21. The quantitative estimate of drug-likeness (QED) is 0.811. The Morgan fingerprint density at radius 2 is 2.21 bits per heavy atom. The molecule has 0 saturated carbocycles. The molecule has 7 nitrogen and oxygen atoms in total. The summed E-state index contributed by atoms with van der Waals surface area (Å²) in [7, 11) is 0. The average molecular weight is 268 g/mol. The number of alkyl carbamates (subject to hydrolysis) is 1. The molecule has 0 aromatic carbocycles. The van der Waals surface area contributed by atoms with E-state index in [1.807, 2.05) is 0 Å². The lowest BCUT2D eigenvalue weighted by Crippen LogP contribution is -2.34. The molecule has 1 amide bonds. The van der Waals surface area contributed by atoms with E-state index in [2.05, 4.69) is 21.6 Å². The van der Waals surface area contributed by atoms with E-state index >= 15 is 0 Å². The second-order valence-corrected chi connectivity index (χ2v) is 4.78. The van der Waals surface area contributed by atoms with E-state index < -0.39 is 23.7 Å². The van der Waals surface area contributed by atoms with Gasteiger partial charge in [-0.15, -0.1) is 6.58 Å². The number of hydrogen-bond donors (Lipinski definition) is 2. The minimum absolute atomic E-state index is 0.234. The first kappa shape index (κ1) is 14.7. The number of nitrogens with zero attached hydrogens (tertiary/aromatic N) is 1. The van der Waals surface area contributed by atoms with Crippen LogP contribution >= 0.6 is 0 Å². The van der Waals surface area contributed by atoms with Crippen molar-refractivity contribution in [3.8, 4) is 0 Å². The summed E-state index contributed by atoms with van der Waals surface area (Å²) in [5.74, 6) is -1.55. The van der Waals surface area contributed by atoms with Gasteiger partial charge in [-0.1, -0.05) is 11.2 Å². The highest BCUT2D eigenvalue weighted by molar-refractivity contribution is 5.84. The molecule has 0 radical (unpaired) electrons. The molecule has 104 valence electrons. The summed E-state index contributed by atoms with van der Waals surface area (Å²) in [6, 6.07) is 0.526. The average Bonchev–Trinajstić information content (AvgIpc) is 2.72. The Morgan fingerprint density at radius 1 is 1.58 bits per heavy atom. The van der Waals surface area contributed by atoms with Crippen LogP contribution in [0.25, 0.3) is 0 Å². The normalized spacial score (nSPS) is 12.6. The molecule has 2 N–H and O–H groups in total. The van der Waals surface area contributed by atoms with Crippen LogP contribution in [0.3, 0.4) is 0 Å². The Hall–Kier alpha value is -2.31. The predicted molar refractivity (Wildman–Crippen MR) is 65.8 cm³/mol. The number of rotatable bonds is 4. The summed E-state index contributed by atoms with van der Waals surface area (Å²) < 4.78 is 9.68. The van der Waals surface area contributed by atoms with Crippen molar-refractivity contribution in [2.45, 2.75) is 32.4 Å². The van der Waals surface area contributed by atoms with Gasteiger partial charge in [-0.05, 0) is 20.8 Å². The topological polar surface area (TPSA) is 102 Å². The van der Waals surface area contributed by atoms with E-state index in [1.54, 1.807) is 20.8 Å². The number of carbonyl (C=O) groups is 2. The number of aromatic carboxylic acids is 1. The minimum Gasteiger partial charge on any atom is -0.475 e. The van der Waals surface area contributed by atoms with Crippen LogP contribution in [0.1, 0.15) is 43.1 Å². The molecule has 0 unspecified atom stereocenters. The monoisotopic (exact) mass is 268 g/mol. The first-order valence-electron chi connectivity index (χ1n) is 5.55. The molecule has 0 spiro atoms. The highest BCUT2D eigenvalue weighted by Crippen LogP contribution is 2.15. The SMILES string of the molecule is C=C[C@H](NC(=O)OC(C)(C)C)c1cc(C(=O)O)on1. The molecule has 0 aliphatic heterocycles. The lowest BCUT2D eigenvalue weighted by atomic mass is 10.2. The fraction of sp³-hybridized carbons (Fsp3) is 0.417. The van der Waals surface area contributed by atoms with Crippen LogP contribution in [0.5, 0.6) is 0 Å². The van der Waals surface area contributed by atoms with Crippen LogP contribution in [-0.4, -0.2) is 27.9 Å². The molecule has 1 aromatic heterocycles. The third-order valence-electron chi connectivity index (χ3n) is 1.97. The van der Waals surface area contributed by atoms with Crippen LogP contribution in [-0.2, 0) is 4.74 Å². The van der Waals surface area contributed by atoms with Gasteiger partial charge in [0.2, 0.25) is 5.76 Å². The van der Waals surface area contributed by atoms with Crippen LogP contribution in [0.15, 0.2) is 23.2 Å². The van der Waals surface area contributed by atoms with Crippen LogP contribution in [0, 0.1) is 0 Å². The highest BCUT2D eigenvalue weighted by atomic mass is 16.6. The molecule has 0 aliphatic rings. The highest BCUT2D eigenvalue weighted by Gasteiger charge is 2.22. The maximum absolute atomic E-state index is 11.6. The van der Waals surface area contributed by atoms with Crippen molar-refractivity contribution in [3.05, 3.63) is 30.2 Å². The van der Waals surface area contributed by atoms with Gasteiger partial charge in [-0.2, -0.15) is 0 Å². The van der Waals surface area contributed by atoms with Gasteiger partial charge in [0.1, 0.15) is 11.3 Å². The molecule has 1 rings (SSSR count). The van der Waals surface area contributed by atoms with Gasteiger partial charge < -0.3 is 19.7 Å². The third kappa shape index (κ3) is 4.46. The van der Waals surface area contributed by atoms with Gasteiger partial charge >= 0.3 is 12.1 Å². The van der Waals surface area contributed by atoms with Crippen LogP contribution in [0.4, 0.5) is 4.79 Å². The van der Waals surface area contributed by atoms with Crippen LogP contribution < -0.4 is 5.32 Å². The second-order valence-electron chi connectivity index (χ2n) is 4.78. The molecular formula is C12H16N2O5. The van der Waals surface area contributed by atoms with Crippen LogP contribution in [0.2, 0.25) is 0 Å². The number of hydrogen-bond acceptors (Lipinski definition) is 5. The predicted octanol–water partition coefficient (Wildman–Crippen LogP) is 2.12. The standard InChI is InChI=1S/C12H16N2O5/c1-5-7(13-11(17)18-12(2,3)4)8-6-9(10(15)16)19-14-8/h5-7H,1H2,2-4H3,(H,13,17)(H,15,16)/t7-/m0/s1. The third-order valence-corrected chi connectivity index (χ3v) is 1.97. The number of nitrogens with one attached hydrogen (secondary N) is 1. The molecule has 7 heteroatoms. The molecule has 0 fully saturated rings. The summed E-state index contributed by atoms with van der Waals surface area (Å²) in [4.78, 5) is 22.2. The van der Waals surface area contributed by atoms with Crippen molar-refractivity contribution in [3.63, 3.8) is 0 Å². The first-order chi connectivity index (χ1) is 8.73. The molecule has 1 heterocycles. The Kier molecular flexibility index (Phi) is 4.31. The molecule has 19 heavy (non-hydrogen) atoms. The summed E-state index contributed by atoms with van der Waals surface area (Å²) >= 11 is 0. The van der Waals surface area contributed by atoms with Gasteiger partial charge in [0.15, 0.2) is 0 Å². The molecule has 0 bridgehead atoms. The molecule has 0 saturated heterocycles. The molecule has 0 aliphatic carbocycles. The maximum Gasteiger partial charge on any atom is 0.408 e.